The van der Waals surface area contributed by atoms with Gasteiger partial charge in [0.15, 0.2) is 5.78 Å². The third kappa shape index (κ3) is 29.1. The van der Waals surface area contributed by atoms with Crippen molar-refractivity contribution in [3.8, 4) is 11.1 Å². The molecule has 0 aliphatic carbocycles. The number of aromatic nitrogens is 1. The summed E-state index contributed by atoms with van der Waals surface area (Å²) >= 11 is 6.08. The lowest BCUT2D eigenvalue weighted by molar-refractivity contribution is -0.156. The highest BCUT2D eigenvalue weighted by Crippen LogP contribution is 2.24. The SMILES string of the molecule is C[C@H]1NC(=O)[C@@H](CC(=O)O)NC(=O)[C@H](CCCN)NC(=O)CNC(=O)[C@@H](NC(=O)[C@H](CC(=O)O)NC(=O)[C@H](CC(N)=O)NC(=O)[C@H](Cc2c[nH]c3ccccc23)NC(=O)c2ccc(-c3ccc(Cl)cc3)cc2)[C@@H](C)OC(=O)[C@H](CC(=O)c2ccccc2N)NC(=O)[C@H]([C@@H](C)CC(=O)O)NC(=O)[C@@H](CO)NC(=O)CNC(=O)[C@H](CC(=O)O)NC1=O. The summed E-state index contributed by atoms with van der Waals surface area (Å²) in [6.45, 7) is -1.02. The molecule has 0 saturated carbocycles. The summed E-state index contributed by atoms with van der Waals surface area (Å²) in [7, 11) is 0. The number of anilines is 1. The zero-order chi connectivity index (χ0) is 88.1. The molecule has 2 heterocycles. The number of nitrogens with two attached hydrogens (primary N) is 3. The van der Waals surface area contributed by atoms with E-state index in [4.69, 9.17) is 33.5 Å². The molecule has 119 heavy (non-hydrogen) atoms. The molecule has 1 aliphatic heterocycles. The van der Waals surface area contributed by atoms with Crippen molar-refractivity contribution in [3.63, 3.8) is 0 Å². The van der Waals surface area contributed by atoms with Crippen molar-refractivity contribution in [2.45, 2.75) is 151 Å². The number of ketones is 1. The summed E-state index contributed by atoms with van der Waals surface area (Å²) < 4.78 is 5.69. The molecule has 44 heteroatoms. The van der Waals surface area contributed by atoms with Crippen LogP contribution in [-0.4, -0.2) is 248 Å². The molecule has 4 aromatic carbocycles. The number of halogens is 1. The Kier molecular flexibility index (Phi) is 35.3. The number of carboxylic acids is 4. The Bertz CT molecular complexity index is 4660. The number of hydrogen-bond acceptors (Lipinski definition) is 24. The van der Waals surface area contributed by atoms with E-state index in [-0.39, 0.29) is 36.2 Å². The number of aromatic amines is 1. The average molecular weight is 1680 g/mol. The molecule has 14 amide bonds. The minimum Gasteiger partial charge on any atom is -0.481 e. The summed E-state index contributed by atoms with van der Waals surface area (Å²) in [6.07, 6.45) is -8.58. The Labute approximate surface area is 680 Å². The fourth-order valence-corrected chi connectivity index (χ4v) is 12.1. The molecule has 1 aromatic heterocycles. The van der Waals surface area contributed by atoms with Crippen LogP contribution >= 0.6 is 11.6 Å². The Morgan fingerprint density at radius 3 is 1.66 bits per heavy atom. The van der Waals surface area contributed by atoms with Gasteiger partial charge in [0, 0.05) is 51.8 Å². The second kappa shape index (κ2) is 44.8. The average Bonchev–Trinajstić information content (AvgIpc) is 1.72. The normalized spacial score (nSPS) is 20.8. The van der Waals surface area contributed by atoms with Crippen LogP contribution in [0.1, 0.15) is 98.4 Å². The number of nitrogens with one attached hydrogen (secondary N) is 14. The molecule has 13 atom stereocenters. The summed E-state index contributed by atoms with van der Waals surface area (Å²) in [5.74, 6) is -30.3. The lowest BCUT2D eigenvalue weighted by Gasteiger charge is -2.30. The number of amides is 14. The van der Waals surface area contributed by atoms with E-state index in [0.717, 1.165) is 26.3 Å². The number of ether oxygens (including phenoxy) is 1. The van der Waals surface area contributed by atoms with Crippen LogP contribution in [0.2, 0.25) is 5.02 Å². The van der Waals surface area contributed by atoms with Crippen LogP contribution in [0.15, 0.2) is 103 Å². The molecule has 1 saturated heterocycles. The number of benzene rings is 4. The zero-order valence-electron chi connectivity index (χ0n) is 63.9. The van der Waals surface area contributed by atoms with Gasteiger partial charge in [-0.05, 0) is 98.3 Å². The van der Waals surface area contributed by atoms with Crippen molar-refractivity contribution in [3.05, 3.63) is 125 Å². The van der Waals surface area contributed by atoms with Gasteiger partial charge in [-0.2, -0.15) is 0 Å². The summed E-state index contributed by atoms with van der Waals surface area (Å²) in [5, 5.41) is 79.1. The van der Waals surface area contributed by atoms with Gasteiger partial charge < -0.3 is 122 Å². The lowest BCUT2D eigenvalue weighted by atomic mass is 9.96. The molecule has 638 valence electrons. The van der Waals surface area contributed by atoms with Crippen molar-refractivity contribution >= 4 is 147 Å². The molecule has 6 rings (SSSR count). The van der Waals surface area contributed by atoms with Gasteiger partial charge in [-0.1, -0.05) is 73.1 Å². The first-order valence-corrected chi connectivity index (χ1v) is 37.0. The summed E-state index contributed by atoms with van der Waals surface area (Å²) in [4.78, 5) is 278. The van der Waals surface area contributed by atoms with Crippen LogP contribution in [0, 0.1) is 5.92 Å². The molecule has 1 aliphatic rings. The van der Waals surface area contributed by atoms with E-state index in [1.807, 2.05) is 16.0 Å². The first-order chi connectivity index (χ1) is 56.2. The third-order valence-electron chi connectivity index (χ3n) is 18.1. The van der Waals surface area contributed by atoms with Crippen molar-refractivity contribution in [2.75, 3.05) is 32.0 Å². The molecular formula is C75H90ClN17O26. The number of fused-ring (bicyclic) bond motifs is 1. The zero-order valence-corrected chi connectivity index (χ0v) is 64.7. The number of para-hydroxylation sites is 2. The number of primary amides is 1. The number of hydrogen-bond donors (Lipinski definition) is 22. The van der Waals surface area contributed by atoms with E-state index in [9.17, 15) is 121 Å². The van der Waals surface area contributed by atoms with Gasteiger partial charge in [0.25, 0.3) is 5.91 Å². The number of carbonyl (C=O) groups excluding carboxylic acids is 16. The fourth-order valence-electron chi connectivity index (χ4n) is 11.9. The van der Waals surface area contributed by atoms with Crippen LogP contribution in [0.3, 0.4) is 0 Å². The van der Waals surface area contributed by atoms with Gasteiger partial charge in [-0.3, -0.25) is 91.1 Å². The lowest BCUT2D eigenvalue weighted by Crippen LogP contribution is -2.62. The molecule has 43 nitrogen and oxygen atoms in total. The molecule has 0 unspecified atom stereocenters. The number of nitrogen functional groups attached to an aromatic ring is 1. The Balaban J connectivity index is 1.41. The molecule has 1 fully saturated rings. The minimum atomic E-state index is -2.47. The predicted molar refractivity (Wildman–Crippen MR) is 414 cm³/mol. The number of cyclic esters (lactones) is 1. The van der Waals surface area contributed by atoms with Crippen LogP contribution < -0.4 is 86.3 Å². The van der Waals surface area contributed by atoms with Crippen molar-refractivity contribution in [1.29, 1.82) is 0 Å². The Hall–Kier alpha value is -14.0. The number of aliphatic carboxylic acids is 4. The molecule has 0 radical (unpaired) electrons. The van der Waals surface area contributed by atoms with Gasteiger partial charge in [0.1, 0.15) is 72.6 Å². The van der Waals surface area contributed by atoms with Gasteiger partial charge in [-0.25, -0.2) is 4.79 Å². The van der Waals surface area contributed by atoms with Gasteiger partial charge in [0.05, 0.1) is 51.8 Å². The Morgan fingerprint density at radius 1 is 0.546 bits per heavy atom. The number of carboxylic acid groups (broad SMARTS) is 4. The highest BCUT2D eigenvalue weighted by Gasteiger charge is 2.41. The minimum absolute atomic E-state index is 0.0445. The highest BCUT2D eigenvalue weighted by molar-refractivity contribution is 6.30. The summed E-state index contributed by atoms with van der Waals surface area (Å²) in [6, 6.07) is 1.93. The maximum Gasteiger partial charge on any atom is 0.329 e. The first kappa shape index (κ1) is 93.9. The topological polar surface area (TPSA) is 702 Å². The van der Waals surface area contributed by atoms with Gasteiger partial charge in [-0.15, -0.1) is 0 Å². The van der Waals surface area contributed by atoms with E-state index >= 15 is 0 Å². The van der Waals surface area contributed by atoms with Crippen LogP contribution in [-0.2, 0) is 97.5 Å². The van der Waals surface area contributed by atoms with E-state index in [1.165, 1.54) is 36.4 Å². The standard InChI is InChI=1S/C75H90ClN17O26/c1-34(23-58(99)100)62-74(117)91-52(25-54(95)43-10-4-6-11-44(43)78)75(118)119-36(3)63(73(116)82-32-56(97)84-46(13-8-22-77)67(110)89-50(28-60(103)104)68(111)83-35(2)64(107)86-49(27-59(101)102)66(109)81-31-57(98)85-53(33-94)72(115)92-62)93-71(114)51(29-61(105)106)90-70(113)48(26-55(79)96)88-69(112)47(24-40-30-80-45-12-7-5-9-42(40)45)87-65(108)39-16-14-37(15-17-39)38-18-20-41(76)21-19-38/h4-7,9-12,14-21,30,34-36,46-53,62-63,80,94H,8,13,22-29,31-33,77-78H2,1-3H3,(H2,79,96)(H,81,109)(H,82,116)(H,83,111)(H,84,97)(H,85,98)(H,86,107)(H,87,108)(H,88,112)(H,89,110)(H,90,113)(H,91,117)(H,92,115)(H,93,114)(H,99,100)(H,101,102)(H,103,104)(H,105,106)/t34-,35+,36+,46-,47-,48-,49-,50+,51-,52-,53+,62-,63-/m0/s1. The maximum atomic E-state index is 14.9. The fraction of sp³-hybridized carbons (Fsp3) is 0.387. The smallest absolute Gasteiger partial charge is 0.329 e. The molecular weight excluding hydrogens is 1590 g/mol. The molecule has 0 spiro atoms. The number of Topliss-reactive ketones (excluding diaryl/α,β-unsaturated/α-hetero) is 1. The van der Waals surface area contributed by atoms with E-state index in [2.05, 4.69) is 58.2 Å². The number of rotatable bonds is 29. The first-order valence-electron chi connectivity index (χ1n) is 36.6. The Morgan fingerprint density at radius 2 is 1.08 bits per heavy atom. The predicted octanol–water partition coefficient (Wildman–Crippen LogP) is -5.13. The number of esters is 1. The number of H-pyrrole nitrogens is 1. The summed E-state index contributed by atoms with van der Waals surface area (Å²) in [5.41, 5.74) is 19.4. The third-order valence-corrected chi connectivity index (χ3v) is 18.4. The van der Waals surface area contributed by atoms with Crippen LogP contribution in [0.5, 0.6) is 0 Å². The molecule has 25 N–H and O–H groups in total. The van der Waals surface area contributed by atoms with Crippen LogP contribution in [0.25, 0.3) is 22.0 Å². The highest BCUT2D eigenvalue weighted by atomic mass is 35.5. The number of aliphatic hydroxyl groups is 1. The monoisotopic (exact) mass is 1680 g/mol. The van der Waals surface area contributed by atoms with Crippen molar-refractivity contribution in [1.82, 2.24) is 74.1 Å². The van der Waals surface area contributed by atoms with E-state index < -0.39 is 261 Å². The van der Waals surface area contributed by atoms with E-state index in [1.54, 1.807) is 66.9 Å². The molecule has 0 bridgehead atoms. The second-order valence-electron chi connectivity index (χ2n) is 27.4. The van der Waals surface area contributed by atoms with E-state index in [0.29, 0.717) is 27.1 Å². The van der Waals surface area contributed by atoms with Crippen LogP contribution in [0.4, 0.5) is 5.69 Å². The quantitative estimate of drug-likeness (QED) is 0.0121. The number of carbonyl (C=O) groups is 20. The van der Waals surface area contributed by atoms with Crippen molar-refractivity contribution < 1.29 is 126 Å². The maximum absolute atomic E-state index is 14.9. The van der Waals surface area contributed by atoms with Gasteiger partial charge >= 0.3 is 29.8 Å². The number of aliphatic hydroxyl groups excluding tert-OH is 1. The van der Waals surface area contributed by atoms with Gasteiger partial charge in [0.2, 0.25) is 76.8 Å². The largest absolute Gasteiger partial charge is 0.481 e. The molecule has 5 aromatic rings. The second-order valence-corrected chi connectivity index (χ2v) is 27.8. The van der Waals surface area contributed by atoms with Crippen molar-refractivity contribution in [2.24, 2.45) is 17.4 Å².